The maximum absolute atomic E-state index is 11.5. The molecule has 0 saturated heterocycles. The predicted molar refractivity (Wildman–Crippen MR) is 42.5 cm³/mol. The Kier molecular flexibility index (Phi) is 4.12. The average molecular weight is 281 g/mol. The molecule has 0 aliphatic rings. The van der Waals surface area contributed by atoms with Crippen molar-refractivity contribution in [2.24, 2.45) is 0 Å². The lowest BCUT2D eigenvalue weighted by Gasteiger charge is -2.08. The summed E-state index contributed by atoms with van der Waals surface area (Å²) in [5.41, 5.74) is 0. The molecule has 0 radical (unpaired) electrons. The standard InChI is InChI=1S/C5H7F3INO/c1-3(9)4(11)10-2-5(6,7)8/h3H,2H2,1H3,(H,10,11). The Morgan fingerprint density at radius 2 is 2.09 bits per heavy atom. The van der Waals surface area contributed by atoms with Gasteiger partial charge in [0.1, 0.15) is 6.54 Å². The van der Waals surface area contributed by atoms with Gasteiger partial charge in [-0.25, -0.2) is 0 Å². The summed E-state index contributed by atoms with van der Waals surface area (Å²) in [5, 5.41) is 1.75. The summed E-state index contributed by atoms with van der Waals surface area (Å²) in [6.45, 7) is 0.269. The second-order valence-corrected chi connectivity index (χ2v) is 3.82. The van der Waals surface area contributed by atoms with Gasteiger partial charge in [-0.15, -0.1) is 0 Å². The summed E-state index contributed by atoms with van der Waals surface area (Å²) in [5.74, 6) is -0.595. The smallest absolute Gasteiger partial charge is 0.346 e. The van der Waals surface area contributed by atoms with Crippen LogP contribution in [0.15, 0.2) is 0 Å². The van der Waals surface area contributed by atoms with Gasteiger partial charge >= 0.3 is 6.18 Å². The van der Waals surface area contributed by atoms with Gasteiger partial charge in [0.05, 0.1) is 3.92 Å². The number of hydrogen-bond donors (Lipinski definition) is 1. The van der Waals surface area contributed by atoms with Crippen LogP contribution in [0.5, 0.6) is 0 Å². The first kappa shape index (κ1) is 11.0. The van der Waals surface area contributed by atoms with Gasteiger partial charge in [0, 0.05) is 0 Å². The van der Waals surface area contributed by atoms with Crippen molar-refractivity contribution >= 4 is 28.5 Å². The number of alkyl halides is 4. The maximum atomic E-state index is 11.5. The fourth-order valence-corrected chi connectivity index (χ4v) is 0.548. The molecule has 1 N–H and O–H groups in total. The van der Waals surface area contributed by atoms with E-state index in [9.17, 15) is 18.0 Å². The van der Waals surface area contributed by atoms with Crippen LogP contribution in [0.2, 0.25) is 0 Å². The highest BCUT2D eigenvalue weighted by Gasteiger charge is 2.28. The summed E-state index contributed by atoms with van der Waals surface area (Å²) < 4.78 is 34.0. The fraction of sp³-hybridized carbons (Fsp3) is 0.800. The number of amides is 1. The second-order valence-electron chi connectivity index (χ2n) is 1.95. The lowest BCUT2D eigenvalue weighted by Crippen LogP contribution is -2.37. The fourth-order valence-electron chi connectivity index (χ4n) is 0.328. The summed E-state index contributed by atoms with van der Waals surface area (Å²) in [6.07, 6.45) is -4.32. The quantitative estimate of drug-likeness (QED) is 0.603. The summed E-state index contributed by atoms with van der Waals surface area (Å²) in [6, 6.07) is 0. The summed E-state index contributed by atoms with van der Waals surface area (Å²) in [4.78, 5) is 10.6. The molecule has 0 rings (SSSR count). The lowest BCUT2D eigenvalue weighted by molar-refractivity contribution is -0.137. The van der Waals surface area contributed by atoms with Crippen molar-refractivity contribution < 1.29 is 18.0 Å². The molecule has 0 fully saturated rings. The van der Waals surface area contributed by atoms with Gasteiger partial charge in [0.25, 0.3) is 0 Å². The highest BCUT2D eigenvalue weighted by molar-refractivity contribution is 14.1. The summed E-state index contributed by atoms with van der Waals surface area (Å²) >= 11 is 1.74. The Labute approximate surface area is 75.7 Å². The Morgan fingerprint density at radius 3 is 2.36 bits per heavy atom. The van der Waals surface area contributed by atoms with E-state index < -0.39 is 22.6 Å². The minimum atomic E-state index is -4.32. The van der Waals surface area contributed by atoms with Crippen molar-refractivity contribution in [3.8, 4) is 0 Å². The first-order valence-corrected chi connectivity index (χ1v) is 4.06. The van der Waals surface area contributed by atoms with Gasteiger partial charge in [-0.1, -0.05) is 22.6 Å². The lowest BCUT2D eigenvalue weighted by atomic mass is 10.4. The van der Waals surface area contributed by atoms with Crippen molar-refractivity contribution in [2.45, 2.75) is 17.0 Å². The monoisotopic (exact) mass is 281 g/mol. The molecule has 2 nitrogen and oxygen atoms in total. The third kappa shape index (κ3) is 6.39. The van der Waals surface area contributed by atoms with Crippen molar-refractivity contribution in [1.29, 1.82) is 0 Å². The molecule has 1 amide bonds. The highest BCUT2D eigenvalue weighted by Crippen LogP contribution is 2.12. The van der Waals surface area contributed by atoms with E-state index in [1.54, 1.807) is 27.9 Å². The van der Waals surface area contributed by atoms with Crippen LogP contribution < -0.4 is 5.32 Å². The van der Waals surface area contributed by atoms with E-state index in [4.69, 9.17) is 0 Å². The van der Waals surface area contributed by atoms with Crippen molar-refractivity contribution in [3.63, 3.8) is 0 Å². The zero-order chi connectivity index (χ0) is 9.07. The van der Waals surface area contributed by atoms with Crippen LogP contribution in [0.3, 0.4) is 0 Å². The Hall–Kier alpha value is -0.0100. The molecular weight excluding hydrogens is 274 g/mol. The van der Waals surface area contributed by atoms with Crippen molar-refractivity contribution in [3.05, 3.63) is 0 Å². The van der Waals surface area contributed by atoms with E-state index in [2.05, 4.69) is 0 Å². The van der Waals surface area contributed by atoms with Gasteiger partial charge in [-0.2, -0.15) is 13.2 Å². The zero-order valence-electron chi connectivity index (χ0n) is 5.70. The highest BCUT2D eigenvalue weighted by atomic mass is 127. The number of carbonyl (C=O) groups excluding carboxylic acids is 1. The molecule has 0 saturated carbocycles. The molecule has 0 aromatic carbocycles. The molecule has 1 unspecified atom stereocenters. The van der Waals surface area contributed by atoms with Crippen LogP contribution in [0.4, 0.5) is 13.2 Å². The minimum absolute atomic E-state index is 0.435. The Morgan fingerprint density at radius 1 is 1.64 bits per heavy atom. The minimum Gasteiger partial charge on any atom is -0.346 e. The van der Waals surface area contributed by atoms with Crippen molar-refractivity contribution in [2.75, 3.05) is 6.54 Å². The average Bonchev–Trinajstić information content (AvgIpc) is 1.80. The normalized spacial score (nSPS) is 14.3. The van der Waals surface area contributed by atoms with Gasteiger partial charge in [-0.3, -0.25) is 4.79 Å². The zero-order valence-corrected chi connectivity index (χ0v) is 7.86. The molecular formula is C5H7F3INO. The summed E-state index contributed by atoms with van der Waals surface area (Å²) in [7, 11) is 0. The molecule has 0 heterocycles. The van der Waals surface area contributed by atoms with Gasteiger partial charge in [0.2, 0.25) is 5.91 Å². The first-order chi connectivity index (χ1) is 4.83. The van der Waals surface area contributed by atoms with E-state index in [-0.39, 0.29) is 0 Å². The largest absolute Gasteiger partial charge is 0.405 e. The van der Waals surface area contributed by atoms with Crippen LogP contribution in [-0.4, -0.2) is 22.6 Å². The topological polar surface area (TPSA) is 29.1 Å². The van der Waals surface area contributed by atoms with E-state index >= 15 is 0 Å². The van der Waals surface area contributed by atoms with Gasteiger partial charge < -0.3 is 5.32 Å². The molecule has 6 heteroatoms. The number of rotatable bonds is 2. The van der Waals surface area contributed by atoms with Crippen LogP contribution in [0.25, 0.3) is 0 Å². The van der Waals surface area contributed by atoms with E-state index in [1.807, 2.05) is 0 Å². The molecule has 11 heavy (non-hydrogen) atoms. The second kappa shape index (κ2) is 4.13. The van der Waals surface area contributed by atoms with E-state index in [0.29, 0.717) is 0 Å². The van der Waals surface area contributed by atoms with Crippen molar-refractivity contribution in [1.82, 2.24) is 5.32 Å². The molecule has 0 aromatic heterocycles. The molecule has 66 valence electrons. The van der Waals surface area contributed by atoms with Crippen LogP contribution in [0, 0.1) is 0 Å². The first-order valence-electron chi connectivity index (χ1n) is 2.81. The predicted octanol–water partition coefficient (Wildman–Crippen LogP) is 1.49. The third-order valence-electron chi connectivity index (χ3n) is 0.824. The van der Waals surface area contributed by atoms with Crippen LogP contribution in [-0.2, 0) is 4.79 Å². The molecule has 0 spiro atoms. The molecule has 0 aliphatic heterocycles. The Balaban J connectivity index is 3.64. The third-order valence-corrected chi connectivity index (χ3v) is 1.39. The van der Waals surface area contributed by atoms with Crippen LogP contribution in [0.1, 0.15) is 6.92 Å². The molecule has 0 bridgehead atoms. The molecule has 0 aliphatic carbocycles. The Bertz CT molecular complexity index is 145. The maximum Gasteiger partial charge on any atom is 0.405 e. The molecule has 0 aromatic rings. The number of hydrogen-bond acceptors (Lipinski definition) is 1. The SMILES string of the molecule is CC(I)C(=O)NCC(F)(F)F. The number of nitrogens with one attached hydrogen (secondary N) is 1. The van der Waals surface area contributed by atoms with E-state index in [1.165, 1.54) is 6.92 Å². The van der Waals surface area contributed by atoms with Crippen LogP contribution >= 0.6 is 22.6 Å². The molecule has 1 atom stereocenters. The number of halogens is 4. The van der Waals surface area contributed by atoms with Gasteiger partial charge in [-0.05, 0) is 6.92 Å². The number of carbonyl (C=O) groups is 1. The van der Waals surface area contributed by atoms with Gasteiger partial charge in [0.15, 0.2) is 0 Å². The van der Waals surface area contributed by atoms with E-state index in [0.717, 1.165) is 0 Å².